The molecule has 6 rings (SSSR count). The number of rotatable bonds is 7. The van der Waals surface area contributed by atoms with E-state index in [1.165, 1.54) is 19.2 Å². The van der Waals surface area contributed by atoms with E-state index >= 15 is 0 Å². The Kier molecular flexibility index (Phi) is 6.69. The number of ether oxygens (including phenoxy) is 1. The van der Waals surface area contributed by atoms with Crippen LogP contribution in [0.15, 0.2) is 73.2 Å². The molecule has 1 amide bonds. The Balaban J connectivity index is 1.38. The number of hydrogen-bond donors (Lipinski definition) is 3. The molecule has 0 atom stereocenters. The van der Waals surface area contributed by atoms with E-state index < -0.39 is 0 Å². The number of carbonyl (C=O) groups is 1. The van der Waals surface area contributed by atoms with Gasteiger partial charge >= 0.3 is 0 Å². The quantitative estimate of drug-likeness (QED) is 0.223. The highest BCUT2D eigenvalue weighted by atomic mass is 19.1. The molecule has 0 spiro atoms. The lowest BCUT2D eigenvalue weighted by Crippen LogP contribution is -2.10. The monoisotopic (exact) mass is 534 g/mol. The molecule has 0 unspecified atom stereocenters. The predicted octanol–water partition coefficient (Wildman–Crippen LogP) is 6.45. The third-order valence-corrected chi connectivity index (χ3v) is 6.83. The highest BCUT2D eigenvalue weighted by Crippen LogP contribution is 2.36. The molecule has 0 radical (unpaired) electrons. The Labute approximate surface area is 230 Å². The average molecular weight is 535 g/mol. The molecular formula is C31H27FN6O2. The fourth-order valence-corrected chi connectivity index (χ4v) is 4.94. The Morgan fingerprint density at radius 2 is 1.95 bits per heavy atom. The maximum absolute atomic E-state index is 14.4. The minimum absolute atomic E-state index is 0.0430. The number of allylic oxidation sites excluding steroid dienone is 3. The smallest absolute Gasteiger partial charge is 0.224 e. The van der Waals surface area contributed by atoms with Crippen LogP contribution in [0.25, 0.3) is 39.1 Å². The highest BCUT2D eigenvalue weighted by molar-refractivity contribution is 5.95. The van der Waals surface area contributed by atoms with Crippen LogP contribution in [-0.2, 0) is 11.2 Å². The van der Waals surface area contributed by atoms with Gasteiger partial charge in [0.15, 0.2) is 5.65 Å². The van der Waals surface area contributed by atoms with Gasteiger partial charge in [-0.05, 0) is 47.9 Å². The third-order valence-electron chi connectivity index (χ3n) is 6.83. The molecule has 1 aromatic carbocycles. The summed E-state index contributed by atoms with van der Waals surface area (Å²) in [6, 6.07) is 10.6. The van der Waals surface area contributed by atoms with E-state index in [1.54, 1.807) is 18.6 Å². The summed E-state index contributed by atoms with van der Waals surface area (Å²) in [7, 11) is 1.53. The minimum atomic E-state index is -0.360. The Morgan fingerprint density at radius 3 is 2.80 bits per heavy atom. The molecule has 1 aliphatic rings. The van der Waals surface area contributed by atoms with Crippen molar-refractivity contribution in [2.45, 2.75) is 26.2 Å². The molecule has 40 heavy (non-hydrogen) atoms. The third kappa shape index (κ3) is 4.89. The van der Waals surface area contributed by atoms with Gasteiger partial charge in [0.05, 0.1) is 24.7 Å². The fraction of sp³-hybridized carbons (Fsp3) is 0.161. The van der Waals surface area contributed by atoms with Gasteiger partial charge in [0, 0.05) is 59.1 Å². The molecule has 0 bridgehead atoms. The number of pyridine rings is 2. The molecule has 200 valence electrons. The van der Waals surface area contributed by atoms with E-state index in [4.69, 9.17) is 4.74 Å². The van der Waals surface area contributed by atoms with E-state index in [1.807, 2.05) is 43.3 Å². The number of hydrogen-bond acceptors (Lipinski definition) is 5. The van der Waals surface area contributed by atoms with E-state index in [0.29, 0.717) is 29.9 Å². The van der Waals surface area contributed by atoms with Crippen molar-refractivity contribution < 1.29 is 13.9 Å². The number of methoxy groups -OCH3 is 1. The standard InChI is InChI=1S/C31H27FN6O2/c1-3-6-29(39)35-22-10-19(15-33-17-22)20-12-26-30(37-38-31(26)34-16-20)28-14-25-24(7-4-5-8-27(25)36-28)18-9-21(32)13-23(11-18)40-2/h4-5,7,9-17,36H,3,6,8H2,1-2H3,(H,35,39)(H,34,37,38). The molecule has 5 aromatic rings. The van der Waals surface area contributed by atoms with Gasteiger partial charge < -0.3 is 15.0 Å². The number of halogens is 1. The molecule has 0 aliphatic heterocycles. The molecular weight excluding hydrogens is 507 g/mol. The van der Waals surface area contributed by atoms with E-state index in [0.717, 1.165) is 56.7 Å². The van der Waals surface area contributed by atoms with Crippen molar-refractivity contribution in [3.63, 3.8) is 0 Å². The van der Waals surface area contributed by atoms with Crippen LogP contribution in [0.3, 0.4) is 0 Å². The van der Waals surface area contributed by atoms with Crippen molar-refractivity contribution in [2.24, 2.45) is 0 Å². The number of aromatic amines is 2. The van der Waals surface area contributed by atoms with Gasteiger partial charge in [-0.15, -0.1) is 0 Å². The largest absolute Gasteiger partial charge is 0.497 e. The topological polar surface area (TPSA) is 109 Å². The molecule has 1 aliphatic carbocycles. The Bertz CT molecular complexity index is 1800. The van der Waals surface area contributed by atoms with Crippen LogP contribution in [0.5, 0.6) is 5.75 Å². The number of nitrogens with zero attached hydrogens (tertiary/aromatic N) is 3. The number of fused-ring (bicyclic) bond motifs is 2. The van der Waals surface area contributed by atoms with Crippen LogP contribution in [0, 0.1) is 5.82 Å². The summed E-state index contributed by atoms with van der Waals surface area (Å²) in [5.74, 6) is 0.0570. The van der Waals surface area contributed by atoms with Crippen molar-refractivity contribution >= 4 is 28.2 Å². The normalized spacial score (nSPS) is 12.6. The van der Waals surface area contributed by atoms with Crippen LogP contribution < -0.4 is 10.1 Å². The van der Waals surface area contributed by atoms with Gasteiger partial charge in [-0.3, -0.25) is 14.9 Å². The van der Waals surface area contributed by atoms with Crippen molar-refractivity contribution in [2.75, 3.05) is 12.4 Å². The summed E-state index contributed by atoms with van der Waals surface area (Å²) in [5.41, 5.74) is 8.07. The first kappa shape index (κ1) is 25.2. The summed E-state index contributed by atoms with van der Waals surface area (Å²) >= 11 is 0. The lowest BCUT2D eigenvalue weighted by Gasteiger charge is -2.09. The fourth-order valence-electron chi connectivity index (χ4n) is 4.94. The number of carbonyl (C=O) groups excluding carboxylic acids is 1. The van der Waals surface area contributed by atoms with Gasteiger partial charge in [-0.2, -0.15) is 5.10 Å². The number of benzene rings is 1. The molecule has 4 heterocycles. The summed E-state index contributed by atoms with van der Waals surface area (Å²) in [6.45, 7) is 1.96. The zero-order valence-corrected chi connectivity index (χ0v) is 22.1. The minimum Gasteiger partial charge on any atom is -0.497 e. The summed E-state index contributed by atoms with van der Waals surface area (Å²) < 4.78 is 19.7. The number of nitrogens with one attached hydrogen (secondary N) is 3. The van der Waals surface area contributed by atoms with Crippen LogP contribution in [0.1, 0.15) is 36.6 Å². The molecule has 0 saturated carbocycles. The number of anilines is 1. The van der Waals surface area contributed by atoms with Gasteiger partial charge in [-0.1, -0.05) is 25.2 Å². The lowest BCUT2D eigenvalue weighted by atomic mass is 9.97. The molecule has 0 fully saturated rings. The zero-order valence-electron chi connectivity index (χ0n) is 22.1. The van der Waals surface area contributed by atoms with Crippen LogP contribution >= 0.6 is 0 Å². The van der Waals surface area contributed by atoms with E-state index in [2.05, 4.69) is 36.5 Å². The molecule has 8 nitrogen and oxygen atoms in total. The SMILES string of the molecule is CCCC(=O)Nc1cncc(-c2cnc3[nH]nc(-c4cc5c([nH]4)CC=CC=C5c4cc(F)cc(OC)c4)c3c2)c1. The van der Waals surface area contributed by atoms with Gasteiger partial charge in [0.2, 0.25) is 5.91 Å². The number of aromatic nitrogens is 5. The second kappa shape index (κ2) is 10.6. The van der Waals surface area contributed by atoms with E-state index in [9.17, 15) is 9.18 Å². The predicted molar refractivity (Wildman–Crippen MR) is 153 cm³/mol. The van der Waals surface area contributed by atoms with Crippen molar-refractivity contribution in [3.8, 4) is 28.3 Å². The Morgan fingerprint density at radius 1 is 1.07 bits per heavy atom. The maximum atomic E-state index is 14.4. The highest BCUT2D eigenvalue weighted by Gasteiger charge is 2.20. The first-order chi connectivity index (χ1) is 19.5. The summed E-state index contributed by atoms with van der Waals surface area (Å²) in [5, 5.41) is 11.3. The molecule has 9 heteroatoms. The van der Waals surface area contributed by atoms with Crippen LogP contribution in [-0.4, -0.2) is 38.2 Å². The van der Waals surface area contributed by atoms with Gasteiger partial charge in [0.25, 0.3) is 0 Å². The first-order valence-electron chi connectivity index (χ1n) is 13.1. The van der Waals surface area contributed by atoms with Crippen molar-refractivity contribution in [1.82, 2.24) is 25.1 Å². The maximum Gasteiger partial charge on any atom is 0.224 e. The van der Waals surface area contributed by atoms with Crippen molar-refractivity contribution in [1.29, 1.82) is 0 Å². The van der Waals surface area contributed by atoms with Crippen LogP contribution in [0.2, 0.25) is 0 Å². The van der Waals surface area contributed by atoms with Crippen LogP contribution in [0.4, 0.5) is 10.1 Å². The second-order valence-corrected chi connectivity index (χ2v) is 9.62. The number of H-pyrrole nitrogens is 2. The number of amides is 1. The lowest BCUT2D eigenvalue weighted by molar-refractivity contribution is -0.116. The zero-order chi connectivity index (χ0) is 27.6. The van der Waals surface area contributed by atoms with Gasteiger partial charge in [0.1, 0.15) is 17.3 Å². The van der Waals surface area contributed by atoms with Gasteiger partial charge in [-0.25, -0.2) is 9.37 Å². The first-order valence-corrected chi connectivity index (χ1v) is 13.1. The molecule has 4 aromatic heterocycles. The Hall–Kier alpha value is -5.05. The van der Waals surface area contributed by atoms with Crippen molar-refractivity contribution in [3.05, 3.63) is 95.9 Å². The molecule has 3 N–H and O–H groups in total. The summed E-state index contributed by atoms with van der Waals surface area (Å²) in [4.78, 5) is 24.5. The molecule has 0 saturated heterocycles. The summed E-state index contributed by atoms with van der Waals surface area (Å²) in [6.07, 6.45) is 13.1. The van der Waals surface area contributed by atoms with E-state index in [-0.39, 0.29) is 11.7 Å². The second-order valence-electron chi connectivity index (χ2n) is 9.62. The average Bonchev–Trinajstić information content (AvgIpc) is 3.51.